The molecule has 1 aromatic rings. The van der Waals surface area contributed by atoms with Gasteiger partial charge in [0.25, 0.3) is 0 Å². The number of rotatable bonds is 9. The summed E-state index contributed by atoms with van der Waals surface area (Å²) in [5.41, 5.74) is 2.32. The molecule has 1 aliphatic heterocycles. The van der Waals surface area contributed by atoms with Gasteiger partial charge in [0, 0.05) is 50.9 Å². The van der Waals surface area contributed by atoms with E-state index >= 15 is 0 Å². The van der Waals surface area contributed by atoms with Crippen molar-refractivity contribution in [1.82, 2.24) is 20.4 Å². The van der Waals surface area contributed by atoms with Gasteiger partial charge in [-0.2, -0.15) is 0 Å². The zero-order chi connectivity index (χ0) is 22.1. The Hall–Kier alpha value is -1.79. The minimum Gasteiger partial charge on any atom is -0.491 e. The molecule has 1 aliphatic rings. The van der Waals surface area contributed by atoms with Gasteiger partial charge in [0.05, 0.1) is 12.6 Å². The van der Waals surface area contributed by atoms with Crippen LogP contribution in [-0.4, -0.2) is 74.2 Å². The average Bonchev–Trinajstić information content (AvgIpc) is 2.68. The van der Waals surface area contributed by atoms with Crippen molar-refractivity contribution < 1.29 is 4.74 Å². The quantitative estimate of drug-likeness (QED) is 0.478. The summed E-state index contributed by atoms with van der Waals surface area (Å²) in [5.74, 6) is 2.39. The molecule has 0 amide bonds. The topological polar surface area (TPSA) is 52.1 Å². The minimum atomic E-state index is 0.149. The Labute approximate surface area is 184 Å². The molecular formula is C24H43N5O. The van der Waals surface area contributed by atoms with Crippen molar-refractivity contribution in [3.63, 3.8) is 0 Å². The molecule has 2 rings (SSSR count). The van der Waals surface area contributed by atoms with Gasteiger partial charge in [-0.05, 0) is 52.3 Å². The molecule has 0 aromatic heterocycles. The molecule has 6 heteroatoms. The summed E-state index contributed by atoms with van der Waals surface area (Å²) in [7, 11) is 2.21. The smallest absolute Gasteiger partial charge is 0.191 e. The fraction of sp³-hybridized carbons (Fsp3) is 0.708. The highest BCUT2D eigenvalue weighted by atomic mass is 16.5. The number of guanidine groups is 1. The van der Waals surface area contributed by atoms with E-state index in [4.69, 9.17) is 9.73 Å². The monoisotopic (exact) mass is 417 g/mol. The predicted molar refractivity (Wildman–Crippen MR) is 127 cm³/mol. The molecule has 1 aromatic carbocycles. The summed E-state index contributed by atoms with van der Waals surface area (Å²) in [6.45, 7) is 19.8. The Morgan fingerprint density at radius 1 is 1.10 bits per heavy atom. The Morgan fingerprint density at radius 3 is 2.40 bits per heavy atom. The molecule has 0 saturated carbocycles. The summed E-state index contributed by atoms with van der Waals surface area (Å²) in [5, 5.41) is 7.00. The van der Waals surface area contributed by atoms with Crippen LogP contribution in [0.4, 0.5) is 0 Å². The highest BCUT2D eigenvalue weighted by Crippen LogP contribution is 2.22. The molecule has 2 N–H and O–H groups in total. The number of nitrogens with one attached hydrogen (secondary N) is 2. The zero-order valence-electron chi connectivity index (χ0n) is 20.2. The molecule has 0 aliphatic carbocycles. The van der Waals surface area contributed by atoms with Gasteiger partial charge in [0.15, 0.2) is 5.96 Å². The van der Waals surface area contributed by atoms with Crippen LogP contribution >= 0.6 is 0 Å². The first-order chi connectivity index (χ1) is 14.3. The third kappa shape index (κ3) is 7.80. The number of ether oxygens (including phenoxy) is 1. The summed E-state index contributed by atoms with van der Waals surface area (Å²) in [4.78, 5) is 9.89. The Kier molecular flexibility index (Phi) is 9.92. The van der Waals surface area contributed by atoms with Gasteiger partial charge in [0.1, 0.15) is 5.75 Å². The van der Waals surface area contributed by atoms with Crippen LogP contribution in [0.3, 0.4) is 0 Å². The number of aryl methyl sites for hydroxylation is 1. The second-order valence-corrected chi connectivity index (χ2v) is 9.00. The summed E-state index contributed by atoms with van der Waals surface area (Å²) >= 11 is 0. The minimum absolute atomic E-state index is 0.149. The highest BCUT2D eigenvalue weighted by molar-refractivity contribution is 5.79. The van der Waals surface area contributed by atoms with E-state index in [9.17, 15) is 0 Å². The Morgan fingerprint density at radius 2 is 1.80 bits per heavy atom. The van der Waals surface area contributed by atoms with E-state index in [0.717, 1.165) is 56.5 Å². The lowest BCUT2D eigenvalue weighted by molar-refractivity contribution is 0.0900. The van der Waals surface area contributed by atoms with Gasteiger partial charge in [-0.15, -0.1) is 0 Å². The van der Waals surface area contributed by atoms with Crippen LogP contribution in [0.1, 0.15) is 45.7 Å². The fourth-order valence-electron chi connectivity index (χ4n) is 3.80. The van der Waals surface area contributed by atoms with Crippen LogP contribution < -0.4 is 15.4 Å². The van der Waals surface area contributed by atoms with Crippen molar-refractivity contribution >= 4 is 5.96 Å². The maximum atomic E-state index is 6.02. The van der Waals surface area contributed by atoms with E-state index < -0.39 is 0 Å². The Bertz CT molecular complexity index is 666. The van der Waals surface area contributed by atoms with Crippen molar-refractivity contribution in [1.29, 1.82) is 0 Å². The molecule has 30 heavy (non-hydrogen) atoms. The molecule has 0 radical (unpaired) electrons. The van der Waals surface area contributed by atoms with Crippen LogP contribution in [0, 0.1) is 12.8 Å². The summed E-state index contributed by atoms with van der Waals surface area (Å²) in [6, 6.07) is 6.86. The molecule has 1 fully saturated rings. The van der Waals surface area contributed by atoms with Crippen molar-refractivity contribution in [2.75, 3.05) is 46.3 Å². The molecule has 1 unspecified atom stereocenters. The predicted octanol–water partition coefficient (Wildman–Crippen LogP) is 3.11. The van der Waals surface area contributed by atoms with E-state index in [1.165, 1.54) is 5.56 Å². The van der Waals surface area contributed by atoms with Crippen molar-refractivity contribution in [3.8, 4) is 5.75 Å². The first-order valence-electron chi connectivity index (χ1n) is 11.5. The van der Waals surface area contributed by atoms with Gasteiger partial charge < -0.3 is 20.3 Å². The van der Waals surface area contributed by atoms with Crippen molar-refractivity contribution in [2.24, 2.45) is 10.9 Å². The van der Waals surface area contributed by atoms with E-state index in [0.29, 0.717) is 18.5 Å². The van der Waals surface area contributed by atoms with Crippen LogP contribution in [0.15, 0.2) is 23.2 Å². The number of aliphatic imine (C=N–C) groups is 1. The second-order valence-electron chi connectivity index (χ2n) is 9.00. The number of hydrogen-bond donors (Lipinski definition) is 2. The highest BCUT2D eigenvalue weighted by Gasteiger charge is 2.25. The summed E-state index contributed by atoms with van der Waals surface area (Å²) < 4.78 is 6.02. The molecular weight excluding hydrogens is 374 g/mol. The number of nitrogens with zero attached hydrogens (tertiary/aromatic N) is 3. The largest absolute Gasteiger partial charge is 0.491 e. The molecule has 0 spiro atoms. The SMILES string of the molecule is CCNC(=NCc1ccc(C)cc1OC(C)C)NCC(C(C)C)N1CCN(C)CC1. The van der Waals surface area contributed by atoms with E-state index in [1.807, 2.05) is 0 Å². The molecule has 1 saturated heterocycles. The van der Waals surface area contributed by atoms with Gasteiger partial charge in [-0.1, -0.05) is 26.0 Å². The third-order valence-electron chi connectivity index (χ3n) is 5.59. The maximum absolute atomic E-state index is 6.02. The van der Waals surface area contributed by atoms with Crippen LogP contribution in [-0.2, 0) is 6.54 Å². The first kappa shape index (κ1) is 24.5. The lowest BCUT2D eigenvalue weighted by Crippen LogP contribution is -2.55. The lowest BCUT2D eigenvalue weighted by atomic mass is 10.0. The standard InChI is InChI=1S/C24H43N5O/c1-8-25-24(26-16-21-10-9-20(6)15-23(21)30-19(4)5)27-17-22(18(2)3)29-13-11-28(7)12-14-29/h9-10,15,18-19,22H,8,11-14,16-17H2,1-7H3,(H2,25,26,27). The maximum Gasteiger partial charge on any atom is 0.191 e. The van der Waals surface area contributed by atoms with Crippen molar-refractivity contribution in [3.05, 3.63) is 29.3 Å². The molecule has 170 valence electrons. The lowest BCUT2D eigenvalue weighted by Gasteiger charge is -2.40. The number of piperazine rings is 1. The fourth-order valence-corrected chi connectivity index (χ4v) is 3.80. The Balaban J connectivity index is 2.05. The number of hydrogen-bond acceptors (Lipinski definition) is 4. The number of benzene rings is 1. The van der Waals surface area contributed by atoms with Crippen LogP contribution in [0.2, 0.25) is 0 Å². The normalized spacial score (nSPS) is 17.4. The van der Waals surface area contributed by atoms with Gasteiger partial charge in [-0.25, -0.2) is 4.99 Å². The van der Waals surface area contributed by atoms with E-state index in [2.05, 4.69) is 87.2 Å². The molecule has 0 bridgehead atoms. The van der Waals surface area contributed by atoms with E-state index in [-0.39, 0.29) is 6.10 Å². The summed E-state index contributed by atoms with van der Waals surface area (Å²) in [6.07, 6.45) is 0.149. The second kappa shape index (κ2) is 12.2. The van der Waals surface area contributed by atoms with Crippen LogP contribution in [0.5, 0.6) is 5.75 Å². The number of likely N-dealkylation sites (N-methyl/N-ethyl adjacent to an activating group) is 1. The van der Waals surface area contributed by atoms with Gasteiger partial charge >= 0.3 is 0 Å². The third-order valence-corrected chi connectivity index (χ3v) is 5.59. The average molecular weight is 418 g/mol. The van der Waals surface area contributed by atoms with Crippen LogP contribution in [0.25, 0.3) is 0 Å². The first-order valence-corrected chi connectivity index (χ1v) is 11.5. The molecule has 1 heterocycles. The zero-order valence-corrected chi connectivity index (χ0v) is 20.2. The molecule has 1 atom stereocenters. The van der Waals surface area contributed by atoms with E-state index in [1.54, 1.807) is 0 Å². The van der Waals surface area contributed by atoms with Gasteiger partial charge in [0.2, 0.25) is 0 Å². The van der Waals surface area contributed by atoms with Gasteiger partial charge in [-0.3, -0.25) is 4.90 Å². The van der Waals surface area contributed by atoms with Crippen molar-refractivity contribution in [2.45, 2.75) is 60.2 Å². The molecule has 6 nitrogen and oxygen atoms in total.